The number of hydrogen-bond acceptors (Lipinski definition) is 3. The summed E-state index contributed by atoms with van der Waals surface area (Å²) in [5, 5.41) is 3.31. The van der Waals surface area contributed by atoms with E-state index in [4.69, 9.17) is 0 Å². The summed E-state index contributed by atoms with van der Waals surface area (Å²) in [6.45, 7) is 7.34. The molecule has 0 spiro atoms. The van der Waals surface area contributed by atoms with Crippen molar-refractivity contribution in [1.29, 1.82) is 0 Å². The molecule has 2 aromatic rings. The highest BCUT2D eigenvalue weighted by Crippen LogP contribution is 2.24. The number of anilines is 1. The molecular weight excluding hydrogens is 252 g/mol. The third-order valence-electron chi connectivity index (χ3n) is 3.06. The van der Waals surface area contributed by atoms with Gasteiger partial charge in [-0.25, -0.2) is 0 Å². The average molecular weight is 272 g/mol. The summed E-state index contributed by atoms with van der Waals surface area (Å²) in [4.78, 5) is 5.72. The van der Waals surface area contributed by atoms with E-state index in [0.717, 1.165) is 23.7 Å². The predicted octanol–water partition coefficient (Wildman–Crippen LogP) is 4.42. The van der Waals surface area contributed by atoms with E-state index in [1.165, 1.54) is 16.0 Å². The van der Waals surface area contributed by atoms with Gasteiger partial charge in [0.15, 0.2) is 0 Å². The maximum absolute atomic E-state index is 4.42. The van der Waals surface area contributed by atoms with E-state index >= 15 is 0 Å². The Balaban J connectivity index is 2.01. The van der Waals surface area contributed by atoms with Crippen molar-refractivity contribution in [2.45, 2.75) is 31.4 Å². The summed E-state index contributed by atoms with van der Waals surface area (Å²) < 4.78 is 0. The minimum absolute atomic E-state index is 0.904. The number of aromatic nitrogens is 1. The molecule has 0 amide bonds. The molecule has 0 aliphatic carbocycles. The van der Waals surface area contributed by atoms with Crippen LogP contribution in [0.4, 0.5) is 5.69 Å². The first kappa shape index (κ1) is 13.9. The van der Waals surface area contributed by atoms with Gasteiger partial charge in [-0.1, -0.05) is 6.07 Å². The lowest BCUT2D eigenvalue weighted by molar-refractivity contribution is 1.15. The van der Waals surface area contributed by atoms with Gasteiger partial charge in [-0.15, -0.1) is 11.8 Å². The maximum Gasteiger partial charge on any atom is 0.0526 e. The maximum atomic E-state index is 4.42. The van der Waals surface area contributed by atoms with Gasteiger partial charge in [-0.2, -0.15) is 0 Å². The monoisotopic (exact) mass is 272 g/mol. The second kappa shape index (κ2) is 6.62. The molecule has 19 heavy (non-hydrogen) atoms. The molecule has 100 valence electrons. The number of pyridine rings is 1. The SMILES string of the molecule is CCNc1ccnc(CSc2ccc(C)c(C)c2)c1. The van der Waals surface area contributed by atoms with E-state index < -0.39 is 0 Å². The molecule has 0 bridgehead atoms. The molecule has 0 fully saturated rings. The minimum atomic E-state index is 0.904. The summed E-state index contributed by atoms with van der Waals surface area (Å²) in [6.07, 6.45) is 1.87. The van der Waals surface area contributed by atoms with Crippen LogP contribution in [0.15, 0.2) is 41.4 Å². The van der Waals surface area contributed by atoms with Crippen molar-refractivity contribution in [3.63, 3.8) is 0 Å². The average Bonchev–Trinajstić information content (AvgIpc) is 2.41. The highest BCUT2D eigenvalue weighted by atomic mass is 32.2. The lowest BCUT2D eigenvalue weighted by Gasteiger charge is -2.07. The second-order valence-corrected chi connectivity index (χ2v) is 5.65. The van der Waals surface area contributed by atoms with Crippen molar-refractivity contribution in [1.82, 2.24) is 4.98 Å². The smallest absolute Gasteiger partial charge is 0.0526 e. The molecule has 0 unspecified atom stereocenters. The van der Waals surface area contributed by atoms with Gasteiger partial charge >= 0.3 is 0 Å². The van der Waals surface area contributed by atoms with Gasteiger partial charge in [0.2, 0.25) is 0 Å². The van der Waals surface area contributed by atoms with E-state index in [1.807, 2.05) is 24.0 Å². The predicted molar refractivity (Wildman–Crippen MR) is 83.9 cm³/mol. The summed E-state index contributed by atoms with van der Waals surface area (Å²) in [5.41, 5.74) is 4.95. The molecule has 2 nitrogen and oxygen atoms in total. The molecule has 0 aliphatic heterocycles. The summed E-state index contributed by atoms with van der Waals surface area (Å²) in [6, 6.07) is 10.7. The van der Waals surface area contributed by atoms with Crippen LogP contribution in [0.5, 0.6) is 0 Å². The van der Waals surface area contributed by atoms with Crippen LogP contribution >= 0.6 is 11.8 Å². The Bertz CT molecular complexity index is 552. The quantitative estimate of drug-likeness (QED) is 0.815. The van der Waals surface area contributed by atoms with E-state index in [2.05, 4.69) is 55.3 Å². The van der Waals surface area contributed by atoms with E-state index in [-0.39, 0.29) is 0 Å². The molecule has 3 heteroatoms. The lowest BCUT2D eigenvalue weighted by atomic mass is 10.1. The van der Waals surface area contributed by atoms with Crippen LogP contribution in [-0.4, -0.2) is 11.5 Å². The summed E-state index contributed by atoms with van der Waals surface area (Å²) >= 11 is 1.83. The molecule has 1 heterocycles. The van der Waals surface area contributed by atoms with E-state index in [1.54, 1.807) is 0 Å². The number of hydrogen-bond donors (Lipinski definition) is 1. The number of thioether (sulfide) groups is 1. The van der Waals surface area contributed by atoms with Crippen molar-refractivity contribution in [3.8, 4) is 0 Å². The zero-order valence-corrected chi connectivity index (χ0v) is 12.6. The summed E-state index contributed by atoms with van der Waals surface area (Å²) in [5.74, 6) is 0.904. The molecule has 0 atom stereocenters. The molecule has 2 rings (SSSR count). The fourth-order valence-electron chi connectivity index (χ4n) is 1.83. The fourth-order valence-corrected chi connectivity index (χ4v) is 2.73. The van der Waals surface area contributed by atoms with Crippen molar-refractivity contribution in [2.75, 3.05) is 11.9 Å². The number of nitrogens with zero attached hydrogens (tertiary/aromatic N) is 1. The van der Waals surface area contributed by atoms with Crippen molar-refractivity contribution >= 4 is 17.4 Å². The standard InChI is InChI=1S/C16H20N2S/c1-4-17-14-7-8-18-15(10-14)11-19-16-6-5-12(2)13(3)9-16/h5-10H,4,11H2,1-3H3,(H,17,18). The van der Waals surface area contributed by atoms with E-state index in [0.29, 0.717) is 0 Å². The topological polar surface area (TPSA) is 24.9 Å². The Morgan fingerprint density at radius 2 is 1.95 bits per heavy atom. The largest absolute Gasteiger partial charge is 0.385 e. The molecule has 1 aromatic carbocycles. The van der Waals surface area contributed by atoms with Crippen LogP contribution < -0.4 is 5.32 Å². The Morgan fingerprint density at radius 1 is 1.11 bits per heavy atom. The highest BCUT2D eigenvalue weighted by molar-refractivity contribution is 7.98. The van der Waals surface area contributed by atoms with Gasteiger partial charge in [-0.05, 0) is 56.2 Å². The normalized spacial score (nSPS) is 10.5. The molecule has 0 aliphatic rings. The second-order valence-electron chi connectivity index (χ2n) is 4.60. The third-order valence-corrected chi connectivity index (χ3v) is 4.09. The van der Waals surface area contributed by atoms with Crippen LogP contribution in [0, 0.1) is 13.8 Å². The van der Waals surface area contributed by atoms with Crippen LogP contribution in [0.3, 0.4) is 0 Å². The molecule has 0 saturated heterocycles. The zero-order chi connectivity index (χ0) is 13.7. The third kappa shape index (κ3) is 4.00. The van der Waals surface area contributed by atoms with Crippen LogP contribution in [0.25, 0.3) is 0 Å². The van der Waals surface area contributed by atoms with Crippen molar-refractivity contribution in [2.24, 2.45) is 0 Å². The Morgan fingerprint density at radius 3 is 2.68 bits per heavy atom. The number of nitrogens with one attached hydrogen (secondary N) is 1. The highest BCUT2D eigenvalue weighted by Gasteiger charge is 2.01. The summed E-state index contributed by atoms with van der Waals surface area (Å²) in [7, 11) is 0. The Labute approximate surface area is 119 Å². The van der Waals surface area contributed by atoms with Crippen molar-refractivity contribution < 1.29 is 0 Å². The molecule has 1 N–H and O–H groups in total. The van der Waals surface area contributed by atoms with Crippen molar-refractivity contribution in [3.05, 3.63) is 53.3 Å². The molecule has 0 radical (unpaired) electrons. The number of benzene rings is 1. The van der Waals surface area contributed by atoms with Crippen LogP contribution in [0.2, 0.25) is 0 Å². The molecule has 0 saturated carbocycles. The number of rotatable bonds is 5. The van der Waals surface area contributed by atoms with E-state index in [9.17, 15) is 0 Å². The van der Waals surface area contributed by atoms with Gasteiger partial charge < -0.3 is 5.32 Å². The Hall–Kier alpha value is -1.48. The van der Waals surface area contributed by atoms with Gasteiger partial charge in [0.25, 0.3) is 0 Å². The zero-order valence-electron chi connectivity index (χ0n) is 11.7. The van der Waals surface area contributed by atoms with Crippen LogP contribution in [-0.2, 0) is 5.75 Å². The van der Waals surface area contributed by atoms with Gasteiger partial charge in [0, 0.05) is 29.1 Å². The van der Waals surface area contributed by atoms with Crippen LogP contribution in [0.1, 0.15) is 23.7 Å². The first-order valence-corrected chi connectivity index (χ1v) is 7.56. The van der Waals surface area contributed by atoms with Gasteiger partial charge in [0.1, 0.15) is 0 Å². The molecular formula is C16H20N2S. The van der Waals surface area contributed by atoms with Gasteiger partial charge in [-0.3, -0.25) is 4.98 Å². The first-order chi connectivity index (χ1) is 9.19. The number of aryl methyl sites for hydroxylation is 2. The molecule has 1 aromatic heterocycles. The van der Waals surface area contributed by atoms with Gasteiger partial charge in [0.05, 0.1) is 5.69 Å². The Kier molecular flexibility index (Phi) is 4.86. The fraction of sp³-hybridized carbons (Fsp3) is 0.312. The minimum Gasteiger partial charge on any atom is -0.385 e. The first-order valence-electron chi connectivity index (χ1n) is 6.58. The lowest BCUT2D eigenvalue weighted by Crippen LogP contribution is -1.97.